The van der Waals surface area contributed by atoms with Gasteiger partial charge in [-0.05, 0) is 49.4 Å². The van der Waals surface area contributed by atoms with Crippen LogP contribution in [0.3, 0.4) is 0 Å². The third-order valence-electron chi connectivity index (χ3n) is 4.30. The van der Waals surface area contributed by atoms with Crippen molar-refractivity contribution in [2.75, 3.05) is 25.0 Å². The highest BCUT2D eigenvalue weighted by atomic mass is 32.1. The summed E-state index contributed by atoms with van der Waals surface area (Å²) in [6.07, 6.45) is 1.19. The second kappa shape index (κ2) is 7.87. The highest BCUT2D eigenvalue weighted by Crippen LogP contribution is 2.26. The van der Waals surface area contributed by atoms with Gasteiger partial charge in [-0.3, -0.25) is 4.79 Å². The number of ether oxygens (including phenoxy) is 1. The SMILES string of the molecule is CCOc1ccc(Nc2nc(C(=O)N3CC(C)CC(C)C3)cs2)cc1. The van der Waals surface area contributed by atoms with Gasteiger partial charge in [0, 0.05) is 24.2 Å². The first kappa shape index (κ1) is 17.7. The minimum absolute atomic E-state index is 0.0365. The van der Waals surface area contributed by atoms with E-state index in [0.717, 1.165) is 29.7 Å². The fourth-order valence-corrected chi connectivity index (χ4v) is 4.05. The molecule has 0 aliphatic carbocycles. The normalized spacial score (nSPS) is 20.4. The Morgan fingerprint density at radius 2 is 1.96 bits per heavy atom. The van der Waals surface area contributed by atoms with Crippen molar-refractivity contribution in [2.45, 2.75) is 27.2 Å². The molecule has 0 radical (unpaired) electrons. The maximum Gasteiger partial charge on any atom is 0.273 e. The molecule has 1 fully saturated rings. The molecule has 1 aromatic carbocycles. The van der Waals surface area contributed by atoms with Gasteiger partial charge < -0.3 is 15.0 Å². The number of nitrogens with zero attached hydrogens (tertiary/aromatic N) is 2. The molecule has 1 aliphatic heterocycles. The number of hydrogen-bond donors (Lipinski definition) is 1. The summed E-state index contributed by atoms with van der Waals surface area (Å²) < 4.78 is 5.44. The second-order valence-corrected chi connectivity index (χ2v) is 7.63. The van der Waals surface area contributed by atoms with Crippen molar-refractivity contribution in [3.8, 4) is 5.75 Å². The lowest BCUT2D eigenvalue weighted by Gasteiger charge is -2.34. The first-order valence-corrected chi connectivity index (χ1v) is 9.67. The van der Waals surface area contributed by atoms with Crippen LogP contribution < -0.4 is 10.1 Å². The number of anilines is 2. The number of piperidine rings is 1. The molecule has 2 unspecified atom stereocenters. The van der Waals surface area contributed by atoms with E-state index in [1.807, 2.05) is 41.5 Å². The minimum atomic E-state index is 0.0365. The maximum absolute atomic E-state index is 12.7. The van der Waals surface area contributed by atoms with E-state index in [1.165, 1.54) is 17.8 Å². The van der Waals surface area contributed by atoms with E-state index in [-0.39, 0.29) is 5.91 Å². The summed E-state index contributed by atoms with van der Waals surface area (Å²) >= 11 is 1.45. The molecule has 3 rings (SSSR count). The van der Waals surface area contributed by atoms with Gasteiger partial charge in [0.1, 0.15) is 11.4 Å². The summed E-state index contributed by atoms with van der Waals surface area (Å²) in [5.74, 6) is 1.98. The van der Waals surface area contributed by atoms with Crippen LogP contribution >= 0.6 is 11.3 Å². The molecule has 2 heterocycles. The van der Waals surface area contributed by atoms with E-state index in [9.17, 15) is 4.79 Å². The summed E-state index contributed by atoms with van der Waals surface area (Å²) in [4.78, 5) is 19.1. The molecule has 1 aromatic heterocycles. The van der Waals surface area contributed by atoms with Crippen LogP contribution in [0, 0.1) is 11.8 Å². The van der Waals surface area contributed by atoms with E-state index in [1.54, 1.807) is 0 Å². The lowest BCUT2D eigenvalue weighted by Crippen LogP contribution is -2.42. The van der Waals surface area contributed by atoms with Crippen LogP contribution in [0.1, 0.15) is 37.7 Å². The zero-order valence-corrected chi connectivity index (χ0v) is 15.8. The Bertz CT molecular complexity index is 704. The Labute approximate surface area is 153 Å². The monoisotopic (exact) mass is 359 g/mol. The Balaban J connectivity index is 1.64. The first-order valence-electron chi connectivity index (χ1n) is 8.79. The van der Waals surface area contributed by atoms with Crippen LogP contribution in [0.4, 0.5) is 10.8 Å². The van der Waals surface area contributed by atoms with Crippen LogP contribution in [0.5, 0.6) is 5.75 Å². The van der Waals surface area contributed by atoms with Crippen molar-refractivity contribution in [3.05, 3.63) is 35.3 Å². The Kier molecular flexibility index (Phi) is 5.58. The van der Waals surface area contributed by atoms with Crippen molar-refractivity contribution < 1.29 is 9.53 Å². The summed E-state index contributed by atoms with van der Waals surface area (Å²) in [7, 11) is 0. The smallest absolute Gasteiger partial charge is 0.273 e. The van der Waals surface area contributed by atoms with Crippen LogP contribution in [0.25, 0.3) is 0 Å². The summed E-state index contributed by atoms with van der Waals surface area (Å²) in [5, 5.41) is 5.81. The van der Waals surface area contributed by atoms with Crippen LogP contribution in [0.15, 0.2) is 29.6 Å². The van der Waals surface area contributed by atoms with Crippen molar-refractivity contribution in [1.29, 1.82) is 0 Å². The Morgan fingerprint density at radius 1 is 1.28 bits per heavy atom. The molecule has 0 bridgehead atoms. The van der Waals surface area contributed by atoms with Gasteiger partial charge >= 0.3 is 0 Å². The predicted octanol–water partition coefficient (Wildman–Crippen LogP) is 4.40. The number of aromatic nitrogens is 1. The third-order valence-corrected chi connectivity index (χ3v) is 5.05. The topological polar surface area (TPSA) is 54.5 Å². The van der Waals surface area contributed by atoms with E-state index >= 15 is 0 Å². The van der Waals surface area contributed by atoms with Crippen LogP contribution in [0.2, 0.25) is 0 Å². The Hall–Kier alpha value is -2.08. The van der Waals surface area contributed by atoms with Gasteiger partial charge in [-0.2, -0.15) is 0 Å². The second-order valence-electron chi connectivity index (χ2n) is 6.78. The fraction of sp³-hybridized carbons (Fsp3) is 0.474. The van der Waals surface area contributed by atoms with Crippen molar-refractivity contribution in [2.24, 2.45) is 11.8 Å². The average molecular weight is 359 g/mol. The maximum atomic E-state index is 12.7. The minimum Gasteiger partial charge on any atom is -0.494 e. The van der Waals surface area contributed by atoms with E-state index < -0.39 is 0 Å². The average Bonchev–Trinajstić information content (AvgIpc) is 3.04. The van der Waals surface area contributed by atoms with Crippen LogP contribution in [-0.2, 0) is 0 Å². The number of carbonyl (C=O) groups is 1. The summed E-state index contributed by atoms with van der Waals surface area (Å²) in [6, 6.07) is 7.73. The highest BCUT2D eigenvalue weighted by Gasteiger charge is 2.27. The van der Waals surface area contributed by atoms with E-state index in [2.05, 4.69) is 24.1 Å². The van der Waals surface area contributed by atoms with Crippen LogP contribution in [-0.4, -0.2) is 35.5 Å². The number of hydrogen-bond acceptors (Lipinski definition) is 5. The summed E-state index contributed by atoms with van der Waals surface area (Å²) in [5.41, 5.74) is 1.46. The third kappa shape index (κ3) is 4.51. The molecule has 6 heteroatoms. The van der Waals surface area contributed by atoms with Gasteiger partial charge in [-0.25, -0.2) is 4.98 Å². The first-order chi connectivity index (χ1) is 12.0. The van der Waals surface area contributed by atoms with Crippen molar-refractivity contribution in [3.63, 3.8) is 0 Å². The zero-order valence-electron chi connectivity index (χ0n) is 15.0. The molecule has 25 heavy (non-hydrogen) atoms. The van der Waals surface area contributed by atoms with Gasteiger partial charge in [0.15, 0.2) is 5.13 Å². The van der Waals surface area contributed by atoms with E-state index in [4.69, 9.17) is 4.74 Å². The number of nitrogens with one attached hydrogen (secondary N) is 1. The molecule has 1 amide bonds. The van der Waals surface area contributed by atoms with Crippen molar-refractivity contribution >= 4 is 28.1 Å². The fourth-order valence-electron chi connectivity index (χ4n) is 3.34. The summed E-state index contributed by atoms with van der Waals surface area (Å²) in [6.45, 7) is 8.67. The van der Waals surface area contributed by atoms with Gasteiger partial charge in [0.05, 0.1) is 6.61 Å². The zero-order chi connectivity index (χ0) is 17.8. The van der Waals surface area contributed by atoms with Gasteiger partial charge in [-0.15, -0.1) is 11.3 Å². The molecule has 0 spiro atoms. The molecule has 134 valence electrons. The molecule has 0 saturated carbocycles. The predicted molar refractivity (Wildman–Crippen MR) is 102 cm³/mol. The van der Waals surface area contributed by atoms with Gasteiger partial charge in [0.2, 0.25) is 0 Å². The number of carbonyl (C=O) groups excluding carboxylic acids is 1. The largest absolute Gasteiger partial charge is 0.494 e. The molecule has 2 aromatic rings. The van der Waals surface area contributed by atoms with Gasteiger partial charge in [0.25, 0.3) is 5.91 Å². The molecule has 1 N–H and O–H groups in total. The number of benzene rings is 1. The standard InChI is InChI=1S/C19H25N3O2S/c1-4-24-16-7-5-15(6-8-16)20-19-21-17(12-25-19)18(23)22-10-13(2)9-14(3)11-22/h5-8,12-14H,4,9-11H2,1-3H3,(H,20,21). The lowest BCUT2D eigenvalue weighted by atomic mass is 9.92. The van der Waals surface area contributed by atoms with E-state index in [0.29, 0.717) is 24.1 Å². The molecule has 5 nitrogen and oxygen atoms in total. The molecular weight excluding hydrogens is 334 g/mol. The number of likely N-dealkylation sites (tertiary alicyclic amines) is 1. The molecule has 2 atom stereocenters. The quantitative estimate of drug-likeness (QED) is 0.859. The van der Waals surface area contributed by atoms with Gasteiger partial charge in [-0.1, -0.05) is 13.8 Å². The molecular formula is C19H25N3O2S. The highest BCUT2D eigenvalue weighted by molar-refractivity contribution is 7.14. The molecule has 1 saturated heterocycles. The van der Waals surface area contributed by atoms with Crippen molar-refractivity contribution in [1.82, 2.24) is 9.88 Å². The number of thiazole rings is 1. The Morgan fingerprint density at radius 3 is 2.60 bits per heavy atom. The lowest BCUT2D eigenvalue weighted by molar-refractivity contribution is 0.0618. The molecule has 1 aliphatic rings. The number of rotatable bonds is 5. The number of amides is 1.